The SMILES string of the molecule is CCOCCOCCSc1ccc2c3c(cccc13)C(=O)N(OS(=O)(=O)C(F)(F)F)C2=O.COCCOCCOc1cc2c3c(cccc3c1)C(=O)N(OS(=O)(=O)C(F)(F)F)C2=O.O=C1c2cccc3c(OCC4CCCO4)ccc(c23)C(=O)N1OS(=O)(=O)C(F)(F)F. The molecule has 38 heteroatoms. The summed E-state index contributed by atoms with van der Waals surface area (Å²) in [5.41, 5.74) is -18.6. The van der Waals surface area contributed by atoms with Gasteiger partial charge in [-0.2, -0.15) is 64.8 Å². The van der Waals surface area contributed by atoms with E-state index in [0.717, 1.165) is 17.7 Å². The zero-order valence-electron chi connectivity index (χ0n) is 47.8. The second-order valence-electron chi connectivity index (χ2n) is 19.2. The first-order valence-electron chi connectivity index (χ1n) is 26.8. The lowest BCUT2D eigenvalue weighted by atomic mass is 9.94. The molecule has 502 valence electrons. The molecule has 0 N–H and O–H groups in total. The van der Waals surface area contributed by atoms with Crippen LogP contribution < -0.4 is 9.47 Å². The minimum absolute atomic E-state index is 0.0874. The number of hydroxylamine groups is 6. The van der Waals surface area contributed by atoms with Gasteiger partial charge in [0.25, 0.3) is 35.4 Å². The molecule has 0 radical (unpaired) electrons. The van der Waals surface area contributed by atoms with Gasteiger partial charge >= 0.3 is 46.9 Å². The van der Waals surface area contributed by atoms with Gasteiger partial charge in [-0.15, -0.1) is 39.8 Å². The number of alkyl halides is 9. The number of methoxy groups -OCH3 is 1. The molecule has 1 atom stereocenters. The van der Waals surface area contributed by atoms with Gasteiger partial charge < -0.3 is 33.2 Å². The fraction of sp³-hybridized carbons (Fsp3) is 0.345. The van der Waals surface area contributed by atoms with Crippen LogP contribution in [0.1, 0.15) is 81.9 Å². The topological polar surface area (TPSA) is 307 Å². The predicted molar refractivity (Wildman–Crippen MR) is 302 cm³/mol. The Morgan fingerprint density at radius 3 is 1.47 bits per heavy atom. The van der Waals surface area contributed by atoms with Gasteiger partial charge in [-0.05, 0) is 85.1 Å². The van der Waals surface area contributed by atoms with E-state index in [-0.39, 0.29) is 86.3 Å². The Hall–Kier alpha value is -7.63. The monoisotopic (exact) mass is 1400 g/mol. The number of imide groups is 3. The summed E-state index contributed by atoms with van der Waals surface area (Å²) in [5.74, 6) is -6.90. The van der Waals surface area contributed by atoms with Crippen LogP contribution >= 0.6 is 11.8 Å². The molecule has 6 amide bonds. The van der Waals surface area contributed by atoms with E-state index in [2.05, 4.69) is 12.9 Å². The standard InChI is InChI=1S/C19H18F3NO7S2.C18H16F3NO8S.C18H14F3NO7S/c1-2-28-8-9-29-10-11-31-15-7-6-14-16-12(15)4-3-5-13(16)17(24)23(18(14)25)30-32(26,27)19(20,21)22;1-27-5-6-28-7-8-29-12-9-11-3-2-4-13-15(11)14(10-12)17(24)22(16(13)23)30-31(25,26)18(19,20)21;19-18(20,21)30(25,26)29-22-16(23)12-5-1-4-11-14(28-9-10-3-2-8-27-10)7-6-13(15(11)12)17(22)24/h3-7H,2,8-11H2,1H3;2-4,9-10H,5-8H2,1H3;1,4-7,10H,2-3,8-9H2. The highest BCUT2D eigenvalue weighted by molar-refractivity contribution is 7.99. The summed E-state index contributed by atoms with van der Waals surface area (Å²) in [6.45, 7) is 5.73. The van der Waals surface area contributed by atoms with E-state index in [1.54, 1.807) is 24.3 Å². The number of amides is 6. The zero-order chi connectivity index (χ0) is 68.0. The number of thioether (sulfide) groups is 1. The normalized spacial score (nSPS) is 16.1. The van der Waals surface area contributed by atoms with E-state index in [9.17, 15) is 93.5 Å². The largest absolute Gasteiger partial charge is 0.525 e. The van der Waals surface area contributed by atoms with Crippen LogP contribution in [0.4, 0.5) is 39.5 Å². The summed E-state index contributed by atoms with van der Waals surface area (Å²) >= 11 is 1.40. The molecule has 0 aliphatic carbocycles. The van der Waals surface area contributed by atoms with Crippen LogP contribution in [0, 0.1) is 0 Å². The van der Waals surface area contributed by atoms with E-state index in [1.807, 2.05) is 6.92 Å². The highest BCUT2D eigenvalue weighted by atomic mass is 32.2. The zero-order valence-corrected chi connectivity index (χ0v) is 51.1. The Labute approximate surface area is 524 Å². The summed E-state index contributed by atoms with van der Waals surface area (Å²) < 4.78 is 231. The average molecular weight is 1400 g/mol. The molecule has 1 unspecified atom stereocenters. The van der Waals surface area contributed by atoms with Crippen LogP contribution in [-0.2, 0) is 66.9 Å². The van der Waals surface area contributed by atoms with Crippen molar-refractivity contribution >= 4 is 110 Å². The summed E-state index contributed by atoms with van der Waals surface area (Å²) in [6.07, 6.45) is 1.66. The summed E-state index contributed by atoms with van der Waals surface area (Å²) in [5, 5.41) is 0.609. The molecule has 4 heterocycles. The maximum absolute atomic E-state index is 12.7. The number of halogens is 9. The summed E-state index contributed by atoms with van der Waals surface area (Å²) in [7, 11) is -17.2. The molecule has 10 rings (SSSR count). The third kappa shape index (κ3) is 15.6. The van der Waals surface area contributed by atoms with E-state index >= 15 is 0 Å². The molecule has 4 aliphatic heterocycles. The third-order valence-corrected chi connectivity index (χ3v) is 17.0. The minimum Gasteiger partial charge on any atom is -0.491 e. The minimum atomic E-state index is -6.24. The molecule has 1 fully saturated rings. The van der Waals surface area contributed by atoms with Gasteiger partial charge in [0.05, 0.1) is 79.1 Å². The lowest BCUT2D eigenvalue weighted by Crippen LogP contribution is -2.44. The van der Waals surface area contributed by atoms with Crippen molar-refractivity contribution in [1.82, 2.24) is 15.2 Å². The van der Waals surface area contributed by atoms with Gasteiger partial charge in [-0.25, -0.2) is 0 Å². The molecule has 0 spiro atoms. The molecule has 25 nitrogen and oxygen atoms in total. The number of benzene rings is 6. The third-order valence-electron chi connectivity index (χ3n) is 13.2. The van der Waals surface area contributed by atoms with Crippen molar-refractivity contribution in [2.75, 3.05) is 78.9 Å². The van der Waals surface area contributed by atoms with Crippen molar-refractivity contribution < 1.29 is 140 Å². The first-order valence-corrected chi connectivity index (χ1v) is 32.1. The van der Waals surface area contributed by atoms with E-state index < -0.39 is 92.4 Å². The predicted octanol–water partition coefficient (Wildman–Crippen LogP) is 8.40. The van der Waals surface area contributed by atoms with Crippen molar-refractivity contribution in [3.05, 3.63) is 124 Å². The summed E-state index contributed by atoms with van der Waals surface area (Å²) in [6, 6.07) is 21.2. The maximum Gasteiger partial charge on any atom is 0.525 e. The molecular weight excluding hydrogens is 1350 g/mol. The Morgan fingerprint density at radius 2 is 0.957 bits per heavy atom. The van der Waals surface area contributed by atoms with Crippen LogP contribution in [0.25, 0.3) is 32.3 Å². The average Bonchev–Trinajstić information content (AvgIpc) is 0.929. The highest BCUT2D eigenvalue weighted by Crippen LogP contribution is 2.41. The van der Waals surface area contributed by atoms with Crippen molar-refractivity contribution in [2.45, 2.75) is 47.3 Å². The number of carbonyl (C=O) groups is 6. The van der Waals surface area contributed by atoms with E-state index in [1.165, 1.54) is 85.6 Å². The smallest absolute Gasteiger partial charge is 0.491 e. The lowest BCUT2D eigenvalue weighted by molar-refractivity contribution is -0.0768. The fourth-order valence-corrected chi connectivity index (χ4v) is 11.3. The van der Waals surface area contributed by atoms with Crippen LogP contribution in [0.3, 0.4) is 0 Å². The number of carbonyl (C=O) groups excluding carboxylic acids is 6. The maximum atomic E-state index is 12.7. The number of rotatable bonds is 24. The van der Waals surface area contributed by atoms with Gasteiger partial charge in [-0.1, -0.05) is 36.4 Å². The van der Waals surface area contributed by atoms with Gasteiger partial charge in [0.2, 0.25) is 0 Å². The number of hydrogen-bond acceptors (Lipinski definition) is 23. The van der Waals surface area contributed by atoms with Crippen LogP contribution in [0.2, 0.25) is 0 Å². The van der Waals surface area contributed by atoms with Crippen LogP contribution in [0.5, 0.6) is 11.5 Å². The van der Waals surface area contributed by atoms with Gasteiger partial charge in [0.1, 0.15) is 24.7 Å². The Kier molecular flexibility index (Phi) is 22.2. The van der Waals surface area contributed by atoms with Crippen molar-refractivity contribution in [3.8, 4) is 11.5 Å². The Morgan fingerprint density at radius 1 is 0.505 bits per heavy atom. The Balaban J connectivity index is 0.000000179. The number of nitrogens with zero attached hydrogens (tertiary/aromatic N) is 3. The van der Waals surface area contributed by atoms with Crippen LogP contribution in [-0.4, -0.2) is 177 Å². The fourth-order valence-electron chi connectivity index (χ4n) is 9.11. The van der Waals surface area contributed by atoms with Crippen molar-refractivity contribution in [2.24, 2.45) is 0 Å². The number of ether oxygens (including phenoxy) is 7. The van der Waals surface area contributed by atoms with Gasteiger partial charge in [0, 0.05) is 52.5 Å². The van der Waals surface area contributed by atoms with Gasteiger partial charge in [0.15, 0.2) is 0 Å². The molecular formula is C55H48F9N3O22S4. The highest BCUT2D eigenvalue weighted by Gasteiger charge is 2.54. The first kappa shape index (κ1) is 71.2. The second-order valence-corrected chi connectivity index (χ2v) is 24.9. The Bertz CT molecular complexity index is 4200. The van der Waals surface area contributed by atoms with E-state index in [0.29, 0.717) is 73.9 Å². The quantitative estimate of drug-likeness (QED) is 0.0180. The molecule has 93 heavy (non-hydrogen) atoms. The molecule has 4 aliphatic rings. The van der Waals surface area contributed by atoms with Crippen molar-refractivity contribution in [3.63, 3.8) is 0 Å². The van der Waals surface area contributed by atoms with Gasteiger partial charge in [-0.3, -0.25) is 28.8 Å². The van der Waals surface area contributed by atoms with Crippen molar-refractivity contribution in [1.29, 1.82) is 0 Å². The second kappa shape index (κ2) is 28.9. The number of hydrogen-bond donors (Lipinski definition) is 0. The lowest BCUT2D eigenvalue weighted by Gasteiger charge is -2.26. The summed E-state index contributed by atoms with van der Waals surface area (Å²) in [4.78, 5) is 76.3. The molecule has 6 aromatic carbocycles. The molecule has 0 bridgehead atoms. The first-order chi connectivity index (χ1) is 43.7. The van der Waals surface area contributed by atoms with Crippen LogP contribution in [0.15, 0.2) is 95.9 Å². The molecule has 6 aromatic rings. The molecule has 1 saturated heterocycles. The van der Waals surface area contributed by atoms with E-state index in [4.69, 9.17) is 33.2 Å². The molecule has 0 aromatic heterocycles. The molecule has 0 saturated carbocycles.